The van der Waals surface area contributed by atoms with Gasteiger partial charge >= 0.3 is 0 Å². The molecule has 0 aliphatic heterocycles. The normalized spacial score (nSPS) is 28.1. The number of benzene rings is 1. The van der Waals surface area contributed by atoms with Gasteiger partial charge in [0.15, 0.2) is 0 Å². The van der Waals surface area contributed by atoms with Gasteiger partial charge in [-0.1, -0.05) is 32.0 Å². The van der Waals surface area contributed by atoms with Crippen LogP contribution in [0.1, 0.15) is 80.4 Å². The Morgan fingerprint density at radius 1 is 0.971 bits per heavy atom. The Morgan fingerprint density at radius 3 is 2.15 bits per heavy atom. The average Bonchev–Trinajstić information content (AvgIpc) is 2.77. The second-order valence-corrected chi connectivity index (χ2v) is 11.6. The van der Waals surface area contributed by atoms with Gasteiger partial charge in [-0.3, -0.25) is 9.59 Å². The lowest BCUT2D eigenvalue weighted by atomic mass is 9.48. The van der Waals surface area contributed by atoms with Crippen molar-refractivity contribution in [1.82, 2.24) is 10.3 Å². The van der Waals surface area contributed by atoms with Crippen LogP contribution in [-0.2, 0) is 10.2 Å². The largest absolute Gasteiger partial charge is 0.340 e. The van der Waals surface area contributed by atoms with Gasteiger partial charge in [0.25, 0.3) is 5.91 Å². The minimum absolute atomic E-state index is 0.199. The highest BCUT2D eigenvalue weighted by atomic mass is 16.2. The summed E-state index contributed by atoms with van der Waals surface area (Å²) in [6.07, 6.45) is 8.79. The summed E-state index contributed by atoms with van der Waals surface area (Å²) in [4.78, 5) is 30.4. The standard InChI is InChI=1S/C29H37N3O2/c1-18(2)11-25(28(34)32-26-6-4-5-19(3)30-26)31-27(33)23-7-9-24(10-8-23)29-15-20-12-21(16-29)14-22(13-20)17-29/h4-10,18,20-22,25H,11-17H2,1-3H3,(H,31,33)(H,30,32,34)/t20?,21?,22?,25-,29?/m1/s1. The first-order valence-corrected chi connectivity index (χ1v) is 13.0. The lowest BCUT2D eigenvalue weighted by molar-refractivity contribution is -0.118. The van der Waals surface area contributed by atoms with Crippen molar-refractivity contribution in [2.45, 2.75) is 77.2 Å². The highest BCUT2D eigenvalue weighted by Crippen LogP contribution is 2.60. The predicted octanol–water partition coefficient (Wildman–Crippen LogP) is 5.64. The van der Waals surface area contributed by atoms with E-state index in [4.69, 9.17) is 0 Å². The van der Waals surface area contributed by atoms with Gasteiger partial charge in [-0.2, -0.15) is 0 Å². The maximum atomic E-state index is 13.1. The Hall–Kier alpha value is -2.69. The van der Waals surface area contributed by atoms with Gasteiger partial charge in [0.05, 0.1) is 0 Å². The molecule has 0 spiro atoms. The minimum Gasteiger partial charge on any atom is -0.340 e. The van der Waals surface area contributed by atoms with Gasteiger partial charge in [0.1, 0.15) is 11.9 Å². The first kappa shape index (κ1) is 23.1. The van der Waals surface area contributed by atoms with Gasteiger partial charge in [-0.05, 0) is 111 Å². The molecule has 1 aromatic heterocycles. The van der Waals surface area contributed by atoms with Crippen LogP contribution in [-0.4, -0.2) is 22.8 Å². The molecule has 0 saturated heterocycles. The van der Waals surface area contributed by atoms with Crippen LogP contribution in [0.25, 0.3) is 0 Å². The number of aryl methyl sites for hydroxylation is 1. The molecule has 0 unspecified atom stereocenters. The van der Waals surface area contributed by atoms with Crippen molar-refractivity contribution in [3.63, 3.8) is 0 Å². The average molecular weight is 460 g/mol. The Balaban J connectivity index is 1.27. The molecule has 5 nitrogen and oxygen atoms in total. The molecule has 34 heavy (non-hydrogen) atoms. The summed E-state index contributed by atoms with van der Waals surface area (Å²) < 4.78 is 0. The molecule has 4 fully saturated rings. The third-order valence-corrected chi connectivity index (χ3v) is 8.27. The molecule has 4 bridgehead atoms. The van der Waals surface area contributed by atoms with Crippen LogP contribution in [0.5, 0.6) is 0 Å². The van der Waals surface area contributed by atoms with E-state index in [9.17, 15) is 9.59 Å². The van der Waals surface area contributed by atoms with Crippen LogP contribution in [0.4, 0.5) is 5.82 Å². The molecule has 4 aliphatic carbocycles. The summed E-state index contributed by atoms with van der Waals surface area (Å²) in [5.41, 5.74) is 3.18. The molecule has 1 heterocycles. The van der Waals surface area contributed by atoms with Crippen LogP contribution in [0.3, 0.4) is 0 Å². The second kappa shape index (κ2) is 9.16. The molecule has 6 rings (SSSR count). The van der Waals surface area contributed by atoms with Gasteiger partial charge in [-0.15, -0.1) is 0 Å². The van der Waals surface area contributed by atoms with Crippen LogP contribution < -0.4 is 10.6 Å². The van der Waals surface area contributed by atoms with Crippen molar-refractivity contribution in [2.75, 3.05) is 5.32 Å². The fraction of sp³-hybridized carbons (Fsp3) is 0.552. The third kappa shape index (κ3) is 4.75. The van der Waals surface area contributed by atoms with Gasteiger partial charge in [0.2, 0.25) is 5.91 Å². The fourth-order valence-corrected chi connectivity index (χ4v) is 7.21. The van der Waals surface area contributed by atoms with E-state index >= 15 is 0 Å². The SMILES string of the molecule is Cc1cccc(NC(=O)[C@@H](CC(C)C)NC(=O)c2ccc(C34CC5CC(CC(C5)C3)C4)cc2)n1. The smallest absolute Gasteiger partial charge is 0.251 e. The number of carbonyl (C=O) groups is 2. The van der Waals surface area contributed by atoms with Gasteiger partial charge in [-0.25, -0.2) is 4.98 Å². The van der Waals surface area contributed by atoms with E-state index < -0.39 is 6.04 Å². The summed E-state index contributed by atoms with van der Waals surface area (Å²) in [6, 6.07) is 13.2. The number of aromatic nitrogens is 1. The number of nitrogens with zero attached hydrogens (tertiary/aromatic N) is 1. The third-order valence-electron chi connectivity index (χ3n) is 8.27. The number of nitrogens with one attached hydrogen (secondary N) is 2. The number of hydrogen-bond donors (Lipinski definition) is 2. The van der Waals surface area contributed by atoms with Crippen LogP contribution >= 0.6 is 0 Å². The monoisotopic (exact) mass is 459 g/mol. The summed E-state index contributed by atoms with van der Waals surface area (Å²) in [6.45, 7) is 5.99. The Bertz CT molecular complexity index is 1020. The highest BCUT2D eigenvalue weighted by molar-refractivity contribution is 6.00. The van der Waals surface area contributed by atoms with E-state index in [1.165, 1.54) is 44.1 Å². The quantitative estimate of drug-likeness (QED) is 0.563. The van der Waals surface area contributed by atoms with Gasteiger partial charge < -0.3 is 10.6 Å². The lowest BCUT2D eigenvalue weighted by Gasteiger charge is -2.57. The maximum Gasteiger partial charge on any atom is 0.251 e. The van der Waals surface area contributed by atoms with E-state index in [-0.39, 0.29) is 17.7 Å². The van der Waals surface area contributed by atoms with Crippen LogP contribution in [0, 0.1) is 30.6 Å². The second-order valence-electron chi connectivity index (χ2n) is 11.6. The number of hydrogen-bond acceptors (Lipinski definition) is 3. The minimum atomic E-state index is -0.613. The topological polar surface area (TPSA) is 71.1 Å². The molecular weight excluding hydrogens is 422 g/mol. The van der Waals surface area contributed by atoms with E-state index in [1.807, 2.05) is 31.2 Å². The van der Waals surface area contributed by atoms with Crippen molar-refractivity contribution < 1.29 is 9.59 Å². The van der Waals surface area contributed by atoms with E-state index in [0.717, 1.165) is 23.4 Å². The van der Waals surface area contributed by atoms with Crippen molar-refractivity contribution in [1.29, 1.82) is 0 Å². The summed E-state index contributed by atoms with van der Waals surface area (Å²) in [7, 11) is 0. The first-order valence-electron chi connectivity index (χ1n) is 13.0. The highest BCUT2D eigenvalue weighted by Gasteiger charge is 2.51. The van der Waals surface area contributed by atoms with Crippen LogP contribution in [0.15, 0.2) is 42.5 Å². The lowest BCUT2D eigenvalue weighted by Crippen LogP contribution is -2.48. The molecule has 1 aromatic carbocycles. The number of rotatable bonds is 7. The maximum absolute atomic E-state index is 13.1. The zero-order valence-electron chi connectivity index (χ0n) is 20.6. The molecule has 2 aromatic rings. The molecule has 180 valence electrons. The molecule has 2 N–H and O–H groups in total. The van der Waals surface area contributed by atoms with E-state index in [1.54, 1.807) is 6.07 Å². The van der Waals surface area contributed by atoms with E-state index in [2.05, 4.69) is 41.6 Å². The summed E-state index contributed by atoms with van der Waals surface area (Å²) in [5.74, 6) is 3.03. The summed E-state index contributed by atoms with van der Waals surface area (Å²) >= 11 is 0. The molecule has 0 radical (unpaired) electrons. The molecular formula is C29H37N3O2. The number of amides is 2. The number of carbonyl (C=O) groups excluding carboxylic acids is 2. The van der Waals surface area contributed by atoms with Gasteiger partial charge in [0, 0.05) is 11.3 Å². The first-order chi connectivity index (χ1) is 16.3. The summed E-state index contributed by atoms with van der Waals surface area (Å²) in [5, 5.41) is 5.84. The molecule has 1 atom stereocenters. The van der Waals surface area contributed by atoms with Crippen molar-refractivity contribution in [3.8, 4) is 0 Å². The molecule has 2 amide bonds. The zero-order valence-corrected chi connectivity index (χ0v) is 20.6. The molecule has 4 saturated carbocycles. The Morgan fingerprint density at radius 2 is 1.59 bits per heavy atom. The molecule has 4 aliphatic rings. The van der Waals surface area contributed by atoms with Crippen molar-refractivity contribution >= 4 is 17.6 Å². The predicted molar refractivity (Wildman–Crippen MR) is 135 cm³/mol. The Kier molecular flexibility index (Phi) is 6.22. The van der Waals surface area contributed by atoms with Crippen molar-refractivity contribution in [2.24, 2.45) is 23.7 Å². The van der Waals surface area contributed by atoms with E-state index in [0.29, 0.717) is 23.2 Å². The van der Waals surface area contributed by atoms with Crippen molar-refractivity contribution in [3.05, 3.63) is 59.3 Å². The zero-order chi connectivity index (χ0) is 23.9. The number of pyridine rings is 1. The molecule has 5 heteroatoms. The Labute approximate surface area is 203 Å². The van der Waals surface area contributed by atoms with Crippen LogP contribution in [0.2, 0.25) is 0 Å². The fourth-order valence-electron chi connectivity index (χ4n) is 7.21. The number of anilines is 1.